The highest BCUT2D eigenvalue weighted by Gasteiger charge is 2.53. The van der Waals surface area contributed by atoms with Crippen LogP contribution >= 0.6 is 0 Å². The topological polar surface area (TPSA) is 23.9 Å². The zero-order chi connectivity index (χ0) is 16.8. The summed E-state index contributed by atoms with van der Waals surface area (Å²) in [5.74, 6) is 3.20. The van der Waals surface area contributed by atoms with Crippen LogP contribution in [0.25, 0.3) is 0 Å². The Balaban J connectivity index is 1.91. The Bertz CT molecular complexity index is 496. The van der Waals surface area contributed by atoms with E-state index in [4.69, 9.17) is 5.41 Å². The number of allylic oxidation sites excluding steroid dienone is 2. The molecule has 0 aromatic rings. The molecule has 0 amide bonds. The van der Waals surface area contributed by atoms with Crippen molar-refractivity contribution in [2.45, 2.75) is 78.8 Å². The lowest BCUT2D eigenvalue weighted by Crippen LogP contribution is -2.50. The van der Waals surface area contributed by atoms with E-state index in [0.29, 0.717) is 36.0 Å². The third kappa shape index (κ3) is 2.91. The van der Waals surface area contributed by atoms with Crippen molar-refractivity contribution in [1.29, 1.82) is 5.41 Å². The fourth-order valence-electron chi connectivity index (χ4n) is 6.19. The van der Waals surface area contributed by atoms with Crippen LogP contribution in [-0.2, 0) is 0 Å². The van der Waals surface area contributed by atoms with Gasteiger partial charge in [-0.2, -0.15) is 0 Å². The van der Waals surface area contributed by atoms with Crippen LogP contribution in [-0.4, -0.2) is 11.9 Å². The number of halogens is 1. The van der Waals surface area contributed by atoms with Crippen molar-refractivity contribution >= 4 is 5.71 Å². The van der Waals surface area contributed by atoms with Crippen molar-refractivity contribution in [1.82, 2.24) is 0 Å². The van der Waals surface area contributed by atoms with Gasteiger partial charge < -0.3 is 5.41 Å². The molecule has 0 aliphatic heterocycles. The van der Waals surface area contributed by atoms with E-state index in [1.54, 1.807) is 0 Å². The summed E-state index contributed by atoms with van der Waals surface area (Å²) in [6.45, 7) is 9.15. The molecule has 1 N–H and O–H groups in total. The number of hydrogen-bond acceptors (Lipinski definition) is 1. The number of nitrogens with one attached hydrogen (secondary N) is 1. The Labute approximate surface area is 141 Å². The Morgan fingerprint density at radius 1 is 1.35 bits per heavy atom. The lowest BCUT2D eigenvalue weighted by atomic mass is 9.47. The maximum Gasteiger partial charge on any atom is 0.100 e. The molecule has 0 radical (unpaired) electrons. The minimum atomic E-state index is -0.624. The standard InChI is InChI=1S/C21H34FN/c1-5-15(22)11-17-13(2)6-7-19-18(17)10-14(3)20-12-16(23)8-9-21(19,20)4/h12-15,17-19,23H,5-11H2,1-4H3/t13-,14?,15?,17?,18?,19?,21-/m1/s1. The van der Waals surface area contributed by atoms with Gasteiger partial charge in [-0.25, -0.2) is 4.39 Å². The van der Waals surface area contributed by atoms with Gasteiger partial charge in [-0.05, 0) is 79.6 Å². The second-order valence-electron chi connectivity index (χ2n) is 8.91. The second-order valence-corrected chi connectivity index (χ2v) is 8.91. The summed E-state index contributed by atoms with van der Waals surface area (Å²) >= 11 is 0. The average molecular weight is 320 g/mol. The predicted octanol–water partition coefficient (Wildman–Crippen LogP) is 6.19. The summed E-state index contributed by atoms with van der Waals surface area (Å²) in [4.78, 5) is 0. The molecule has 0 aromatic carbocycles. The number of fused-ring (bicyclic) bond motifs is 3. The van der Waals surface area contributed by atoms with E-state index in [0.717, 1.165) is 25.0 Å². The summed E-state index contributed by atoms with van der Waals surface area (Å²) in [5, 5.41) is 8.08. The highest BCUT2D eigenvalue weighted by Crippen LogP contribution is 2.61. The van der Waals surface area contributed by atoms with Gasteiger partial charge in [-0.15, -0.1) is 0 Å². The van der Waals surface area contributed by atoms with Crippen molar-refractivity contribution in [3.63, 3.8) is 0 Å². The Morgan fingerprint density at radius 2 is 2.09 bits per heavy atom. The van der Waals surface area contributed by atoms with Crippen LogP contribution in [0.2, 0.25) is 0 Å². The third-order valence-electron chi connectivity index (χ3n) is 7.58. The summed E-state index contributed by atoms with van der Waals surface area (Å²) in [7, 11) is 0. The molecule has 2 fully saturated rings. The van der Waals surface area contributed by atoms with Crippen molar-refractivity contribution in [2.24, 2.45) is 35.0 Å². The van der Waals surface area contributed by atoms with E-state index in [2.05, 4.69) is 26.8 Å². The van der Waals surface area contributed by atoms with Crippen molar-refractivity contribution in [3.05, 3.63) is 11.6 Å². The summed E-state index contributed by atoms with van der Waals surface area (Å²) in [5.41, 5.74) is 2.62. The van der Waals surface area contributed by atoms with Crippen LogP contribution in [0.3, 0.4) is 0 Å². The molecule has 5 unspecified atom stereocenters. The first-order chi connectivity index (χ1) is 10.9. The molecule has 2 heteroatoms. The molecule has 0 spiro atoms. The van der Waals surface area contributed by atoms with Gasteiger partial charge in [0.25, 0.3) is 0 Å². The van der Waals surface area contributed by atoms with Gasteiger partial charge in [0, 0.05) is 5.71 Å². The molecular weight excluding hydrogens is 285 g/mol. The van der Waals surface area contributed by atoms with Gasteiger partial charge in [0.05, 0.1) is 0 Å². The van der Waals surface area contributed by atoms with Crippen molar-refractivity contribution in [3.8, 4) is 0 Å². The summed E-state index contributed by atoms with van der Waals surface area (Å²) < 4.78 is 14.2. The van der Waals surface area contributed by atoms with Gasteiger partial charge in [0.2, 0.25) is 0 Å². The molecule has 130 valence electrons. The van der Waals surface area contributed by atoms with E-state index in [1.807, 2.05) is 6.92 Å². The molecule has 3 aliphatic rings. The lowest BCUT2D eigenvalue weighted by molar-refractivity contribution is -0.0276. The molecule has 0 bridgehead atoms. The van der Waals surface area contributed by atoms with E-state index >= 15 is 0 Å². The SMILES string of the molecule is CCC(F)CC1C2CC(C)C3=CC(=N)CC[C@]3(C)C2CC[C@H]1C. The molecule has 3 rings (SSSR count). The van der Waals surface area contributed by atoms with Gasteiger partial charge >= 0.3 is 0 Å². The van der Waals surface area contributed by atoms with E-state index in [-0.39, 0.29) is 5.41 Å². The first-order valence-electron chi connectivity index (χ1n) is 9.80. The van der Waals surface area contributed by atoms with Crippen molar-refractivity contribution in [2.75, 3.05) is 0 Å². The molecule has 0 saturated heterocycles. The fraction of sp³-hybridized carbons (Fsp3) is 0.857. The normalized spacial score (nSPS) is 45.0. The molecule has 7 atom stereocenters. The molecule has 3 aliphatic carbocycles. The molecule has 0 aromatic heterocycles. The van der Waals surface area contributed by atoms with Gasteiger partial charge in [0.1, 0.15) is 6.17 Å². The van der Waals surface area contributed by atoms with E-state index in [9.17, 15) is 4.39 Å². The van der Waals surface area contributed by atoms with Gasteiger partial charge in [-0.3, -0.25) is 0 Å². The van der Waals surface area contributed by atoms with Crippen LogP contribution in [0.15, 0.2) is 11.6 Å². The van der Waals surface area contributed by atoms with Crippen LogP contribution in [0.4, 0.5) is 4.39 Å². The Morgan fingerprint density at radius 3 is 2.78 bits per heavy atom. The maximum absolute atomic E-state index is 14.2. The highest BCUT2D eigenvalue weighted by atomic mass is 19.1. The Hall–Kier alpha value is -0.660. The van der Waals surface area contributed by atoms with Gasteiger partial charge in [0.15, 0.2) is 0 Å². The molecule has 2 saturated carbocycles. The third-order valence-corrected chi connectivity index (χ3v) is 7.58. The smallest absolute Gasteiger partial charge is 0.100 e. The van der Waals surface area contributed by atoms with E-state index in [1.165, 1.54) is 24.8 Å². The molecule has 23 heavy (non-hydrogen) atoms. The molecular formula is C21H34FN. The summed E-state index contributed by atoms with van der Waals surface area (Å²) in [6, 6.07) is 0. The van der Waals surface area contributed by atoms with E-state index < -0.39 is 6.17 Å². The fourth-order valence-corrected chi connectivity index (χ4v) is 6.19. The minimum Gasteiger partial charge on any atom is -0.305 e. The summed E-state index contributed by atoms with van der Waals surface area (Å²) in [6.07, 6.45) is 8.85. The van der Waals surface area contributed by atoms with Crippen LogP contribution in [0.1, 0.15) is 72.6 Å². The monoisotopic (exact) mass is 319 g/mol. The minimum absolute atomic E-state index is 0.267. The largest absolute Gasteiger partial charge is 0.305 e. The van der Waals surface area contributed by atoms with Gasteiger partial charge in [-0.1, -0.05) is 39.7 Å². The predicted molar refractivity (Wildman–Crippen MR) is 95.6 cm³/mol. The lowest BCUT2D eigenvalue weighted by Gasteiger charge is -2.57. The number of rotatable bonds is 3. The zero-order valence-corrected chi connectivity index (χ0v) is 15.4. The van der Waals surface area contributed by atoms with Crippen LogP contribution in [0, 0.1) is 40.4 Å². The first-order valence-corrected chi connectivity index (χ1v) is 9.80. The second kappa shape index (κ2) is 6.33. The van der Waals surface area contributed by atoms with Crippen molar-refractivity contribution < 1.29 is 4.39 Å². The number of hydrogen-bond donors (Lipinski definition) is 1. The van der Waals surface area contributed by atoms with Crippen LogP contribution < -0.4 is 0 Å². The average Bonchev–Trinajstić information content (AvgIpc) is 2.52. The number of alkyl halides is 1. The molecule has 1 nitrogen and oxygen atoms in total. The quantitative estimate of drug-likeness (QED) is 0.641. The highest BCUT2D eigenvalue weighted by molar-refractivity contribution is 5.94. The van der Waals surface area contributed by atoms with Crippen LogP contribution in [0.5, 0.6) is 0 Å². The zero-order valence-electron chi connectivity index (χ0n) is 15.4. The first kappa shape index (κ1) is 17.2. The molecule has 0 heterocycles. The maximum atomic E-state index is 14.2. The Kier molecular flexibility index (Phi) is 4.73.